The highest BCUT2D eigenvalue weighted by Crippen LogP contribution is 2.06. The molecular formula is C8H17NO2S. The standard InChI is InChI=1S/C8H17NO2S/c1-9(2)7(5-6-12-4)8(10)11-3/h7H,5-6H2,1-4H3. The number of hydrogen-bond acceptors (Lipinski definition) is 4. The summed E-state index contributed by atoms with van der Waals surface area (Å²) in [5.74, 6) is 0.840. The maximum absolute atomic E-state index is 11.2. The molecule has 0 radical (unpaired) electrons. The highest BCUT2D eigenvalue weighted by atomic mass is 32.2. The summed E-state index contributed by atoms with van der Waals surface area (Å²) in [4.78, 5) is 13.1. The second kappa shape index (κ2) is 6.31. The van der Waals surface area contributed by atoms with Crippen molar-refractivity contribution in [3.8, 4) is 0 Å². The van der Waals surface area contributed by atoms with Crippen LogP contribution in [0, 0.1) is 0 Å². The van der Waals surface area contributed by atoms with E-state index in [9.17, 15) is 4.79 Å². The highest BCUT2D eigenvalue weighted by Gasteiger charge is 2.20. The fourth-order valence-corrected chi connectivity index (χ4v) is 1.41. The van der Waals surface area contributed by atoms with Gasteiger partial charge in [0.2, 0.25) is 0 Å². The number of hydrogen-bond donors (Lipinski definition) is 0. The fraction of sp³-hybridized carbons (Fsp3) is 0.875. The van der Waals surface area contributed by atoms with Crippen molar-refractivity contribution < 1.29 is 9.53 Å². The molecular weight excluding hydrogens is 174 g/mol. The monoisotopic (exact) mass is 191 g/mol. The molecule has 0 heterocycles. The molecule has 0 rings (SSSR count). The van der Waals surface area contributed by atoms with Crippen LogP contribution in [0.25, 0.3) is 0 Å². The Kier molecular flexibility index (Phi) is 6.20. The third kappa shape index (κ3) is 3.97. The second-order valence-electron chi connectivity index (χ2n) is 2.78. The van der Waals surface area contributed by atoms with Gasteiger partial charge in [-0.1, -0.05) is 0 Å². The Hall–Kier alpha value is -0.220. The number of carbonyl (C=O) groups excluding carboxylic acids is 1. The van der Waals surface area contributed by atoms with Crippen LogP contribution >= 0.6 is 11.8 Å². The smallest absolute Gasteiger partial charge is 0.323 e. The third-order valence-electron chi connectivity index (χ3n) is 1.69. The van der Waals surface area contributed by atoms with Crippen LogP contribution in [0.1, 0.15) is 6.42 Å². The molecule has 0 amide bonds. The van der Waals surface area contributed by atoms with Crippen LogP contribution in [0.4, 0.5) is 0 Å². The van der Waals surface area contributed by atoms with Gasteiger partial charge in [0, 0.05) is 0 Å². The number of thioether (sulfide) groups is 1. The summed E-state index contributed by atoms with van der Waals surface area (Å²) < 4.78 is 4.68. The van der Waals surface area contributed by atoms with Gasteiger partial charge in [-0.05, 0) is 32.5 Å². The minimum absolute atomic E-state index is 0.0950. The van der Waals surface area contributed by atoms with Crippen molar-refractivity contribution in [2.45, 2.75) is 12.5 Å². The van der Waals surface area contributed by atoms with E-state index in [0.29, 0.717) is 0 Å². The van der Waals surface area contributed by atoms with E-state index in [1.165, 1.54) is 7.11 Å². The van der Waals surface area contributed by atoms with Crippen molar-refractivity contribution in [3.05, 3.63) is 0 Å². The zero-order valence-electron chi connectivity index (χ0n) is 8.16. The van der Waals surface area contributed by atoms with Crippen LogP contribution in [0.5, 0.6) is 0 Å². The van der Waals surface area contributed by atoms with Crippen molar-refractivity contribution in [2.24, 2.45) is 0 Å². The summed E-state index contributed by atoms with van der Waals surface area (Å²) in [7, 11) is 5.21. The van der Waals surface area contributed by atoms with E-state index >= 15 is 0 Å². The predicted octanol–water partition coefficient (Wildman–Crippen LogP) is 0.843. The second-order valence-corrected chi connectivity index (χ2v) is 3.77. The largest absolute Gasteiger partial charge is 0.468 e. The lowest BCUT2D eigenvalue weighted by Gasteiger charge is -2.20. The Labute approximate surface area is 78.5 Å². The molecule has 12 heavy (non-hydrogen) atoms. The molecule has 1 atom stereocenters. The van der Waals surface area contributed by atoms with Gasteiger partial charge in [-0.2, -0.15) is 11.8 Å². The molecule has 0 aliphatic carbocycles. The molecule has 0 aromatic carbocycles. The summed E-state index contributed by atoms with van der Waals surface area (Å²) >= 11 is 1.74. The fourth-order valence-electron chi connectivity index (χ4n) is 0.952. The van der Waals surface area contributed by atoms with Gasteiger partial charge in [0.1, 0.15) is 6.04 Å². The van der Waals surface area contributed by atoms with E-state index in [4.69, 9.17) is 0 Å². The lowest BCUT2D eigenvalue weighted by atomic mass is 10.2. The average Bonchev–Trinajstić information content (AvgIpc) is 2.04. The molecule has 0 saturated carbocycles. The van der Waals surface area contributed by atoms with Crippen LogP contribution in [0.3, 0.4) is 0 Å². The maximum Gasteiger partial charge on any atom is 0.323 e. The summed E-state index contributed by atoms with van der Waals surface area (Å²) in [6.45, 7) is 0. The Morgan fingerprint density at radius 3 is 2.50 bits per heavy atom. The van der Waals surface area contributed by atoms with Crippen LogP contribution in [0.2, 0.25) is 0 Å². The Morgan fingerprint density at radius 1 is 1.58 bits per heavy atom. The first-order chi connectivity index (χ1) is 5.63. The van der Waals surface area contributed by atoms with E-state index in [1.807, 2.05) is 25.3 Å². The Bertz CT molecular complexity index is 139. The van der Waals surface area contributed by atoms with E-state index < -0.39 is 0 Å². The molecule has 0 fully saturated rings. The third-order valence-corrected chi connectivity index (χ3v) is 2.34. The minimum Gasteiger partial charge on any atom is -0.468 e. The van der Waals surface area contributed by atoms with Gasteiger partial charge in [0.05, 0.1) is 7.11 Å². The first-order valence-corrected chi connectivity index (χ1v) is 5.26. The van der Waals surface area contributed by atoms with Gasteiger partial charge in [0.15, 0.2) is 0 Å². The summed E-state index contributed by atoms with van der Waals surface area (Å²) in [5.41, 5.74) is 0. The summed E-state index contributed by atoms with van der Waals surface area (Å²) in [5, 5.41) is 0. The zero-order chi connectivity index (χ0) is 9.56. The van der Waals surface area contributed by atoms with E-state index in [2.05, 4.69) is 4.74 Å². The number of rotatable bonds is 5. The zero-order valence-corrected chi connectivity index (χ0v) is 8.98. The molecule has 0 N–H and O–H groups in total. The Balaban J connectivity index is 3.95. The molecule has 72 valence electrons. The summed E-state index contributed by atoms with van der Waals surface area (Å²) in [6, 6.07) is -0.0950. The number of ether oxygens (including phenoxy) is 1. The van der Waals surface area contributed by atoms with Crippen molar-refractivity contribution in [2.75, 3.05) is 33.2 Å². The van der Waals surface area contributed by atoms with Gasteiger partial charge >= 0.3 is 5.97 Å². The predicted molar refractivity (Wildman–Crippen MR) is 52.5 cm³/mol. The van der Waals surface area contributed by atoms with Crippen LogP contribution in [-0.4, -0.2) is 50.1 Å². The van der Waals surface area contributed by atoms with Crippen molar-refractivity contribution >= 4 is 17.7 Å². The molecule has 0 aromatic heterocycles. The van der Waals surface area contributed by atoms with Crippen LogP contribution < -0.4 is 0 Å². The molecule has 0 aliphatic rings. The summed E-state index contributed by atoms with van der Waals surface area (Å²) in [6.07, 6.45) is 2.88. The van der Waals surface area contributed by atoms with E-state index in [-0.39, 0.29) is 12.0 Å². The SMILES string of the molecule is COC(=O)C(CCSC)N(C)C. The number of nitrogens with zero attached hydrogens (tertiary/aromatic N) is 1. The quantitative estimate of drug-likeness (QED) is 0.602. The first-order valence-electron chi connectivity index (χ1n) is 3.86. The number of likely N-dealkylation sites (N-methyl/N-ethyl adjacent to an activating group) is 1. The average molecular weight is 191 g/mol. The van der Waals surface area contributed by atoms with Gasteiger partial charge in [0.25, 0.3) is 0 Å². The molecule has 1 unspecified atom stereocenters. The van der Waals surface area contributed by atoms with Crippen LogP contribution in [-0.2, 0) is 9.53 Å². The molecule has 4 heteroatoms. The number of carbonyl (C=O) groups is 1. The van der Waals surface area contributed by atoms with Gasteiger partial charge in [-0.15, -0.1) is 0 Å². The molecule has 0 aromatic rings. The normalized spacial score (nSPS) is 13.1. The Morgan fingerprint density at radius 2 is 2.17 bits per heavy atom. The topological polar surface area (TPSA) is 29.5 Å². The molecule has 0 bridgehead atoms. The lowest BCUT2D eigenvalue weighted by molar-refractivity contribution is -0.146. The van der Waals surface area contributed by atoms with E-state index in [1.54, 1.807) is 11.8 Å². The minimum atomic E-state index is -0.144. The van der Waals surface area contributed by atoms with Gasteiger partial charge in [-0.25, -0.2) is 0 Å². The van der Waals surface area contributed by atoms with E-state index in [0.717, 1.165) is 12.2 Å². The van der Waals surface area contributed by atoms with Crippen molar-refractivity contribution in [1.29, 1.82) is 0 Å². The lowest BCUT2D eigenvalue weighted by Crippen LogP contribution is -2.37. The van der Waals surface area contributed by atoms with Gasteiger partial charge in [-0.3, -0.25) is 9.69 Å². The molecule has 0 aliphatic heterocycles. The van der Waals surface area contributed by atoms with Crippen molar-refractivity contribution in [3.63, 3.8) is 0 Å². The molecule has 0 spiro atoms. The van der Waals surface area contributed by atoms with Crippen LogP contribution in [0.15, 0.2) is 0 Å². The molecule has 3 nitrogen and oxygen atoms in total. The highest BCUT2D eigenvalue weighted by molar-refractivity contribution is 7.98. The molecule has 0 saturated heterocycles. The maximum atomic E-state index is 11.2. The van der Waals surface area contributed by atoms with Gasteiger partial charge < -0.3 is 4.74 Å². The van der Waals surface area contributed by atoms with Crippen molar-refractivity contribution in [1.82, 2.24) is 4.90 Å². The first kappa shape index (κ1) is 11.8. The number of esters is 1. The number of methoxy groups -OCH3 is 1.